The van der Waals surface area contributed by atoms with Gasteiger partial charge in [0.25, 0.3) is 0 Å². The monoisotopic (exact) mass is 388 g/mol. The van der Waals surface area contributed by atoms with Crippen molar-refractivity contribution in [2.75, 3.05) is 26.7 Å². The van der Waals surface area contributed by atoms with Crippen LogP contribution in [0.5, 0.6) is 0 Å². The van der Waals surface area contributed by atoms with Crippen molar-refractivity contribution in [1.29, 1.82) is 0 Å². The molecule has 1 rings (SSSR count). The van der Waals surface area contributed by atoms with Gasteiger partial charge in [0.1, 0.15) is 5.60 Å². The third-order valence-corrected chi connectivity index (χ3v) is 3.82. The molecule has 1 aromatic rings. The van der Waals surface area contributed by atoms with Crippen molar-refractivity contribution in [2.45, 2.75) is 58.4 Å². The molecule has 0 heterocycles. The molecule has 0 saturated carbocycles. The number of hydrogen-bond donors (Lipinski definition) is 0. The molecule has 0 aliphatic heterocycles. The van der Waals surface area contributed by atoms with Crippen molar-refractivity contribution in [3.05, 3.63) is 35.9 Å². The van der Waals surface area contributed by atoms with Gasteiger partial charge < -0.3 is 9.64 Å². The van der Waals surface area contributed by atoms with Gasteiger partial charge >= 0.3 is 12.3 Å². The number of benzene rings is 1. The van der Waals surface area contributed by atoms with Gasteiger partial charge in [-0.2, -0.15) is 13.2 Å². The molecule has 0 spiro atoms. The number of unbranched alkanes of at least 4 members (excludes halogenated alkanes) is 2. The first kappa shape index (κ1) is 23.3. The number of nitrogens with zero attached hydrogens (tertiary/aromatic N) is 2. The fourth-order valence-corrected chi connectivity index (χ4v) is 2.60. The average molecular weight is 388 g/mol. The van der Waals surface area contributed by atoms with Crippen molar-refractivity contribution in [1.82, 2.24) is 9.80 Å². The van der Waals surface area contributed by atoms with Crippen LogP contribution in [0.1, 0.15) is 45.6 Å². The lowest BCUT2D eigenvalue weighted by Crippen LogP contribution is -2.35. The fraction of sp³-hybridized carbons (Fsp3) is 0.650. The molecule has 0 fully saturated rings. The Morgan fingerprint density at radius 2 is 1.59 bits per heavy atom. The van der Waals surface area contributed by atoms with E-state index < -0.39 is 18.3 Å². The Balaban J connectivity index is 2.37. The molecular formula is C20H31F3N2O2. The first-order valence-corrected chi connectivity index (χ1v) is 9.23. The molecule has 7 heteroatoms. The Morgan fingerprint density at radius 3 is 2.15 bits per heavy atom. The van der Waals surface area contributed by atoms with Crippen LogP contribution in [0.4, 0.5) is 18.0 Å². The number of ether oxygens (including phenoxy) is 1. The lowest BCUT2D eigenvalue weighted by molar-refractivity contribution is -0.147. The summed E-state index contributed by atoms with van der Waals surface area (Å²) in [6, 6.07) is 9.16. The number of halogens is 3. The second-order valence-electron chi connectivity index (χ2n) is 7.77. The molecule has 27 heavy (non-hydrogen) atoms. The van der Waals surface area contributed by atoms with Gasteiger partial charge in [-0.25, -0.2) is 4.79 Å². The van der Waals surface area contributed by atoms with E-state index in [0.717, 1.165) is 18.4 Å². The predicted octanol–water partition coefficient (Wildman–Crippen LogP) is 5.09. The minimum atomic E-state index is -4.22. The average Bonchev–Trinajstić information content (AvgIpc) is 2.52. The number of amides is 1. The molecule has 0 N–H and O–H groups in total. The first-order valence-electron chi connectivity index (χ1n) is 9.23. The summed E-state index contributed by atoms with van der Waals surface area (Å²) in [6.45, 7) is 5.66. The van der Waals surface area contributed by atoms with Crippen LogP contribution in [-0.4, -0.2) is 54.4 Å². The van der Waals surface area contributed by atoms with E-state index in [1.54, 1.807) is 27.8 Å². The van der Waals surface area contributed by atoms with Gasteiger partial charge in [0, 0.05) is 20.1 Å². The number of alkyl halides is 3. The van der Waals surface area contributed by atoms with E-state index in [0.29, 0.717) is 19.5 Å². The minimum Gasteiger partial charge on any atom is -0.444 e. The number of carbonyl (C=O) groups is 1. The topological polar surface area (TPSA) is 32.8 Å². The lowest BCUT2D eigenvalue weighted by atomic mass is 10.2. The normalized spacial score (nSPS) is 12.3. The van der Waals surface area contributed by atoms with E-state index in [4.69, 9.17) is 4.74 Å². The fourth-order valence-electron chi connectivity index (χ4n) is 2.60. The van der Waals surface area contributed by atoms with Crippen LogP contribution in [0.15, 0.2) is 30.3 Å². The molecule has 4 nitrogen and oxygen atoms in total. The molecular weight excluding hydrogens is 357 g/mol. The van der Waals surface area contributed by atoms with E-state index in [1.165, 1.54) is 9.80 Å². The van der Waals surface area contributed by atoms with Crippen molar-refractivity contribution in [3.63, 3.8) is 0 Å². The Morgan fingerprint density at radius 1 is 1.00 bits per heavy atom. The van der Waals surface area contributed by atoms with E-state index in [2.05, 4.69) is 0 Å². The summed E-state index contributed by atoms with van der Waals surface area (Å²) in [5.74, 6) is 0. The Bertz CT molecular complexity index is 557. The van der Waals surface area contributed by atoms with Crippen LogP contribution in [0.2, 0.25) is 0 Å². The maximum atomic E-state index is 12.8. The first-order chi connectivity index (χ1) is 12.5. The summed E-state index contributed by atoms with van der Waals surface area (Å²) in [7, 11) is 1.67. The third-order valence-electron chi connectivity index (χ3n) is 3.82. The summed E-state index contributed by atoms with van der Waals surface area (Å²) < 4.78 is 43.7. The zero-order valence-electron chi connectivity index (χ0n) is 16.7. The highest BCUT2D eigenvalue weighted by Crippen LogP contribution is 2.19. The SMILES string of the molecule is CN(CCCCCN(Cc1ccccc1)CC(F)(F)F)C(=O)OC(C)(C)C. The van der Waals surface area contributed by atoms with E-state index in [9.17, 15) is 18.0 Å². The van der Waals surface area contributed by atoms with Gasteiger partial charge in [-0.05, 0) is 45.7 Å². The zero-order chi connectivity index (χ0) is 20.5. The molecule has 0 unspecified atom stereocenters. The summed E-state index contributed by atoms with van der Waals surface area (Å²) in [6.07, 6.45) is -2.49. The highest BCUT2D eigenvalue weighted by molar-refractivity contribution is 5.67. The number of rotatable bonds is 9. The largest absolute Gasteiger partial charge is 0.444 e. The van der Waals surface area contributed by atoms with Crippen LogP contribution in [0, 0.1) is 0 Å². The maximum absolute atomic E-state index is 12.8. The quantitative estimate of drug-likeness (QED) is 0.553. The highest BCUT2D eigenvalue weighted by atomic mass is 19.4. The smallest absolute Gasteiger partial charge is 0.410 e. The molecule has 0 bridgehead atoms. The molecule has 154 valence electrons. The van der Waals surface area contributed by atoms with Gasteiger partial charge in [0.15, 0.2) is 0 Å². The molecule has 0 aliphatic rings. The van der Waals surface area contributed by atoms with Crippen molar-refractivity contribution in [3.8, 4) is 0 Å². The third kappa shape index (κ3) is 11.5. The maximum Gasteiger partial charge on any atom is 0.410 e. The van der Waals surface area contributed by atoms with Crippen LogP contribution in [0.3, 0.4) is 0 Å². The Kier molecular flexibility index (Phi) is 9.09. The van der Waals surface area contributed by atoms with Crippen molar-refractivity contribution in [2.24, 2.45) is 0 Å². The molecule has 0 atom stereocenters. The summed E-state index contributed by atoms with van der Waals surface area (Å²) in [5, 5.41) is 0. The van der Waals surface area contributed by atoms with Crippen molar-refractivity contribution >= 4 is 6.09 Å². The molecule has 0 saturated heterocycles. The molecule has 0 aliphatic carbocycles. The summed E-state index contributed by atoms with van der Waals surface area (Å²) in [5.41, 5.74) is 0.326. The van der Waals surface area contributed by atoms with Gasteiger partial charge in [0.2, 0.25) is 0 Å². The second kappa shape index (κ2) is 10.5. The van der Waals surface area contributed by atoms with Gasteiger partial charge in [0.05, 0.1) is 6.54 Å². The van der Waals surface area contributed by atoms with Crippen LogP contribution >= 0.6 is 0 Å². The number of hydrogen-bond acceptors (Lipinski definition) is 3. The Labute approximate surface area is 160 Å². The lowest BCUT2D eigenvalue weighted by Gasteiger charge is -2.25. The van der Waals surface area contributed by atoms with Gasteiger partial charge in [-0.1, -0.05) is 36.8 Å². The summed E-state index contributed by atoms with van der Waals surface area (Å²) >= 11 is 0. The molecule has 0 radical (unpaired) electrons. The highest BCUT2D eigenvalue weighted by Gasteiger charge is 2.30. The standard InChI is InChI=1S/C20H31F3N2O2/c1-19(2,3)27-18(26)24(4)13-9-6-10-14-25(16-20(21,22)23)15-17-11-7-5-8-12-17/h5,7-8,11-12H,6,9-10,13-16H2,1-4H3. The molecule has 0 aromatic heterocycles. The van der Waals surface area contributed by atoms with Gasteiger partial charge in [-0.3, -0.25) is 4.90 Å². The summed E-state index contributed by atoms with van der Waals surface area (Å²) in [4.78, 5) is 14.8. The zero-order valence-corrected chi connectivity index (χ0v) is 16.7. The van der Waals surface area contributed by atoms with Crippen molar-refractivity contribution < 1.29 is 22.7 Å². The minimum absolute atomic E-state index is 0.276. The molecule has 1 amide bonds. The van der Waals surface area contributed by atoms with E-state index in [-0.39, 0.29) is 12.6 Å². The van der Waals surface area contributed by atoms with Gasteiger partial charge in [-0.15, -0.1) is 0 Å². The number of carbonyl (C=O) groups excluding carboxylic acids is 1. The van der Waals surface area contributed by atoms with Crippen LogP contribution in [0.25, 0.3) is 0 Å². The predicted molar refractivity (Wildman–Crippen MR) is 100 cm³/mol. The van der Waals surface area contributed by atoms with Crippen LogP contribution < -0.4 is 0 Å². The molecule has 1 aromatic carbocycles. The second-order valence-corrected chi connectivity index (χ2v) is 7.77. The van der Waals surface area contributed by atoms with E-state index in [1.807, 2.05) is 30.3 Å². The van der Waals surface area contributed by atoms with Crippen LogP contribution in [-0.2, 0) is 11.3 Å². The Hall–Kier alpha value is -1.76. The van der Waals surface area contributed by atoms with E-state index >= 15 is 0 Å².